The Morgan fingerprint density at radius 1 is 1.26 bits per heavy atom. The maximum Gasteiger partial charge on any atom is 0.269 e. The van der Waals surface area contributed by atoms with E-state index in [0.717, 1.165) is 25.7 Å². The monoisotopic (exact) mass is 559 g/mol. The van der Waals surface area contributed by atoms with E-state index in [2.05, 4.69) is 31.1 Å². The smallest absolute Gasteiger partial charge is 0.269 e. The van der Waals surface area contributed by atoms with E-state index in [-0.39, 0.29) is 33.8 Å². The first-order chi connectivity index (χ1) is 18.7. The van der Waals surface area contributed by atoms with E-state index in [9.17, 15) is 14.4 Å². The highest BCUT2D eigenvalue weighted by atomic mass is 35.5. The van der Waals surface area contributed by atoms with Crippen LogP contribution in [-0.4, -0.2) is 43.0 Å². The van der Waals surface area contributed by atoms with Gasteiger partial charge in [0.1, 0.15) is 28.7 Å². The molecule has 11 nitrogen and oxygen atoms in total. The first-order valence-electron chi connectivity index (χ1n) is 13.2. The zero-order valence-corrected chi connectivity index (χ0v) is 22.7. The van der Waals surface area contributed by atoms with Crippen LogP contribution in [0.25, 0.3) is 0 Å². The number of amides is 2. The molecule has 3 aromatic rings. The molecule has 0 aliphatic heterocycles. The summed E-state index contributed by atoms with van der Waals surface area (Å²) >= 11 is 5.96. The largest absolute Gasteiger partial charge is 0.364 e. The lowest BCUT2D eigenvalue weighted by atomic mass is 9.88. The number of hydrogen-bond donors (Lipinski definition) is 3. The molecule has 208 valence electrons. The van der Waals surface area contributed by atoms with Crippen LogP contribution in [0.4, 0.5) is 10.1 Å². The molecule has 0 saturated heterocycles. The van der Waals surface area contributed by atoms with Gasteiger partial charge in [0.25, 0.3) is 17.4 Å². The van der Waals surface area contributed by atoms with Crippen molar-refractivity contribution in [2.45, 2.75) is 70.9 Å². The average molecular weight is 560 g/mol. The molecule has 13 heteroatoms. The molecule has 0 aromatic carbocycles. The second kappa shape index (κ2) is 10.9. The number of H-pyrrole nitrogens is 1. The van der Waals surface area contributed by atoms with Crippen LogP contribution in [0, 0.1) is 23.7 Å². The molecule has 0 bridgehead atoms. The Morgan fingerprint density at radius 2 is 1.95 bits per heavy atom. The molecule has 5 rings (SSSR count). The minimum absolute atomic E-state index is 0.0478. The zero-order chi connectivity index (χ0) is 27.8. The highest BCUT2D eigenvalue weighted by Crippen LogP contribution is 2.51. The summed E-state index contributed by atoms with van der Waals surface area (Å²) in [7, 11) is 0. The second-order valence-corrected chi connectivity index (χ2v) is 11.1. The van der Waals surface area contributed by atoms with Crippen LogP contribution in [0.5, 0.6) is 0 Å². The lowest BCUT2D eigenvalue weighted by Gasteiger charge is -2.27. The van der Waals surface area contributed by atoms with Crippen molar-refractivity contribution in [3.8, 4) is 0 Å². The van der Waals surface area contributed by atoms with Crippen molar-refractivity contribution in [2.24, 2.45) is 17.8 Å². The molecule has 3 N–H and O–H groups in total. The molecule has 3 aromatic heterocycles. The molecule has 3 heterocycles. The van der Waals surface area contributed by atoms with E-state index >= 15 is 4.39 Å². The van der Waals surface area contributed by atoms with Crippen LogP contribution in [0.2, 0.25) is 5.15 Å². The van der Waals surface area contributed by atoms with Gasteiger partial charge in [0.05, 0.1) is 17.9 Å². The summed E-state index contributed by atoms with van der Waals surface area (Å²) in [5, 5.41) is 19.5. The molecule has 2 fully saturated rings. The quantitative estimate of drug-likeness (QED) is 0.321. The Balaban J connectivity index is 1.40. The van der Waals surface area contributed by atoms with Crippen molar-refractivity contribution in [2.75, 3.05) is 5.32 Å². The van der Waals surface area contributed by atoms with Crippen molar-refractivity contribution < 1.29 is 18.5 Å². The summed E-state index contributed by atoms with van der Waals surface area (Å²) < 4.78 is 21.3. The number of carbonyl (C=O) groups is 2. The van der Waals surface area contributed by atoms with Crippen LogP contribution in [0.15, 0.2) is 27.8 Å². The minimum Gasteiger partial charge on any atom is -0.364 e. The third kappa shape index (κ3) is 5.75. The van der Waals surface area contributed by atoms with Crippen LogP contribution >= 0.6 is 11.6 Å². The fourth-order valence-electron chi connectivity index (χ4n) is 5.29. The van der Waals surface area contributed by atoms with Crippen LogP contribution in [0.3, 0.4) is 0 Å². The lowest BCUT2D eigenvalue weighted by Crippen LogP contribution is -2.50. The van der Waals surface area contributed by atoms with Gasteiger partial charge in [-0.25, -0.2) is 5.10 Å². The molecule has 2 amide bonds. The van der Waals surface area contributed by atoms with E-state index in [0.29, 0.717) is 24.0 Å². The number of anilines is 1. The molecular formula is C26H31ClFN7O4. The molecule has 2 unspecified atom stereocenters. The van der Waals surface area contributed by atoms with Gasteiger partial charge < -0.3 is 15.2 Å². The van der Waals surface area contributed by atoms with Gasteiger partial charge in [0.2, 0.25) is 5.91 Å². The van der Waals surface area contributed by atoms with Crippen LogP contribution < -0.4 is 16.2 Å². The fraction of sp³-hybridized carbons (Fsp3) is 0.538. The van der Waals surface area contributed by atoms with Gasteiger partial charge in [-0.2, -0.15) is 9.49 Å². The Kier molecular flexibility index (Phi) is 7.57. The Morgan fingerprint density at radius 3 is 2.56 bits per heavy atom. The Labute approximate surface area is 228 Å². The van der Waals surface area contributed by atoms with E-state index in [4.69, 9.17) is 16.1 Å². The number of rotatable bonds is 11. The number of halogens is 2. The summed E-state index contributed by atoms with van der Waals surface area (Å²) in [5.74, 6) is -1.35. The standard InChI is InChI=1S/C26H31ClFN7O4/c1-4-18(15-9-19(27)31-32-25(15)37)35-10-17(23(28)33-35)29-26(38)22(20(13-5-6-13)14-7-8-14)30-24(36)16-11-39-34-21(16)12(2)3/h9-14,18,20,22H,4-8H2,1-3H3,(H,29,38)(H,30,36)(H,32,37). The molecule has 2 saturated carbocycles. The third-order valence-corrected chi connectivity index (χ3v) is 7.68. The number of hydrogen-bond acceptors (Lipinski definition) is 7. The van der Waals surface area contributed by atoms with Gasteiger partial charge in [-0.3, -0.25) is 19.1 Å². The SMILES string of the molecule is CCC(c1cc(Cl)n[nH]c1=O)n1cc(NC(=O)C(NC(=O)c2conc2C(C)C)C(C2CC2)C2CC2)c(F)n1. The molecule has 0 spiro atoms. The van der Waals surface area contributed by atoms with E-state index < -0.39 is 35.4 Å². The topological polar surface area (TPSA) is 148 Å². The summed E-state index contributed by atoms with van der Waals surface area (Å²) in [6, 6.07) is -0.109. The highest BCUT2D eigenvalue weighted by molar-refractivity contribution is 6.29. The highest BCUT2D eigenvalue weighted by Gasteiger charge is 2.48. The number of nitrogens with zero attached hydrogens (tertiary/aromatic N) is 4. The van der Waals surface area contributed by atoms with Crippen molar-refractivity contribution in [3.63, 3.8) is 0 Å². The summed E-state index contributed by atoms with van der Waals surface area (Å²) in [4.78, 5) is 39.3. The fourth-order valence-corrected chi connectivity index (χ4v) is 5.45. The van der Waals surface area contributed by atoms with Gasteiger partial charge in [-0.15, -0.1) is 5.10 Å². The maximum absolute atomic E-state index is 15.0. The molecule has 2 aliphatic rings. The number of carbonyl (C=O) groups excluding carboxylic acids is 2. The number of aromatic nitrogens is 5. The van der Waals surface area contributed by atoms with Gasteiger partial charge >= 0.3 is 0 Å². The predicted molar refractivity (Wildman–Crippen MR) is 140 cm³/mol. The van der Waals surface area contributed by atoms with Crippen LogP contribution in [-0.2, 0) is 4.79 Å². The van der Waals surface area contributed by atoms with Crippen molar-refractivity contribution in [1.82, 2.24) is 30.5 Å². The predicted octanol–water partition coefficient (Wildman–Crippen LogP) is 4.04. The van der Waals surface area contributed by atoms with Gasteiger partial charge in [0.15, 0.2) is 0 Å². The summed E-state index contributed by atoms with van der Waals surface area (Å²) in [6.45, 7) is 5.61. The van der Waals surface area contributed by atoms with Gasteiger partial charge in [-0.05, 0) is 61.8 Å². The lowest BCUT2D eigenvalue weighted by molar-refractivity contribution is -0.119. The summed E-state index contributed by atoms with van der Waals surface area (Å²) in [5.41, 5.74) is 0.429. The molecular weight excluding hydrogens is 529 g/mol. The zero-order valence-electron chi connectivity index (χ0n) is 21.9. The molecule has 2 atom stereocenters. The minimum atomic E-state index is -0.904. The second-order valence-electron chi connectivity index (χ2n) is 10.7. The third-order valence-electron chi connectivity index (χ3n) is 7.49. The first-order valence-corrected chi connectivity index (χ1v) is 13.6. The van der Waals surface area contributed by atoms with E-state index in [1.54, 1.807) is 0 Å². The molecule has 2 aliphatic carbocycles. The average Bonchev–Trinajstić information content (AvgIpc) is 3.83. The van der Waals surface area contributed by atoms with Gasteiger partial charge in [-0.1, -0.05) is 37.5 Å². The molecule has 0 radical (unpaired) electrons. The first kappa shape index (κ1) is 27.0. The number of aromatic amines is 1. The van der Waals surface area contributed by atoms with Crippen molar-refractivity contribution >= 4 is 29.1 Å². The van der Waals surface area contributed by atoms with Gasteiger partial charge in [0, 0.05) is 5.56 Å². The van der Waals surface area contributed by atoms with E-state index in [1.807, 2.05) is 20.8 Å². The van der Waals surface area contributed by atoms with Crippen LogP contribution in [0.1, 0.15) is 86.5 Å². The maximum atomic E-state index is 15.0. The Bertz CT molecular complexity index is 1410. The normalized spacial score (nSPS) is 16.9. The molecule has 39 heavy (non-hydrogen) atoms. The summed E-state index contributed by atoms with van der Waals surface area (Å²) in [6.07, 6.45) is 6.97. The number of nitrogens with one attached hydrogen (secondary N) is 3. The Hall–Kier alpha value is -3.54. The van der Waals surface area contributed by atoms with Crippen molar-refractivity contribution in [3.05, 3.63) is 56.8 Å². The van der Waals surface area contributed by atoms with E-state index in [1.165, 1.54) is 23.2 Å². The van der Waals surface area contributed by atoms with Crippen molar-refractivity contribution in [1.29, 1.82) is 0 Å².